The Morgan fingerprint density at radius 2 is 0.270 bits per heavy atom. The fourth-order valence-corrected chi connectivity index (χ4v) is 12.2. The third-order valence-corrected chi connectivity index (χ3v) is 18.3. The van der Waals surface area contributed by atoms with Crippen LogP contribution in [0.1, 0.15) is 411 Å². The molecule has 0 spiro atoms. The average Bonchev–Trinajstić information content (AvgIpc) is 3.66. The summed E-state index contributed by atoms with van der Waals surface area (Å²) in [6.07, 6.45) is 70.7. The van der Waals surface area contributed by atoms with Gasteiger partial charge in [-0.1, -0.05) is 334 Å². The van der Waals surface area contributed by atoms with Gasteiger partial charge < -0.3 is 39.4 Å². The lowest BCUT2D eigenvalue weighted by molar-refractivity contribution is -0.170. The Kier molecular flexibility index (Phi) is 71.3. The zero-order valence-electron chi connectivity index (χ0n) is 58.5. The number of ether oxygens (including phenoxy) is 4. The van der Waals surface area contributed by atoms with Crippen molar-refractivity contribution in [3.8, 4) is 0 Å². The standard InChI is InChI=1S/C77H148O12/c78-65-57-49-41-33-25-17-9-1-5-13-21-29-37-45-53-61-73(82)86-69-77(70-87-74(83)62-54-46-38-30-22-14-6-2-10-18-26-34-42-50-58-66-79,71-88-75(84)63-55-47-39-31-23-15-7-3-11-19-27-35-43-51-59-67-80)72-89-76(85)64-56-48-40-32-24-16-8-4-12-20-28-36-44-52-60-68-81/h78-81H,1-72H2. The third kappa shape index (κ3) is 68.4. The summed E-state index contributed by atoms with van der Waals surface area (Å²) in [7, 11) is 0. The van der Waals surface area contributed by atoms with Gasteiger partial charge in [0.2, 0.25) is 0 Å². The number of rotatable bonds is 76. The summed E-state index contributed by atoms with van der Waals surface area (Å²) in [5.74, 6) is -1.41. The second-order valence-electron chi connectivity index (χ2n) is 27.3. The van der Waals surface area contributed by atoms with Crippen molar-refractivity contribution in [1.29, 1.82) is 0 Å². The van der Waals surface area contributed by atoms with E-state index in [2.05, 4.69) is 0 Å². The zero-order valence-corrected chi connectivity index (χ0v) is 58.5. The topological polar surface area (TPSA) is 186 Å². The van der Waals surface area contributed by atoms with Gasteiger partial charge in [0, 0.05) is 52.1 Å². The third-order valence-electron chi connectivity index (χ3n) is 18.3. The molecule has 0 rings (SSSR count). The molecule has 0 fully saturated rings. The SMILES string of the molecule is O=C(CCCCCCCCCCCCCCCCCO)OCC(COC(=O)CCCCCCCCCCCCCCCCCO)(COC(=O)CCCCCCCCCCCCCCCCCO)COC(=O)CCCCCCCCCCCCCCCCCO. The summed E-state index contributed by atoms with van der Waals surface area (Å²) < 4.78 is 23.9. The molecule has 0 saturated heterocycles. The van der Waals surface area contributed by atoms with Gasteiger partial charge >= 0.3 is 23.9 Å². The first-order valence-electron chi connectivity index (χ1n) is 38.9. The maximum absolute atomic E-state index is 13.4. The van der Waals surface area contributed by atoms with E-state index in [1.54, 1.807) is 0 Å². The van der Waals surface area contributed by atoms with Crippen LogP contribution in [0.3, 0.4) is 0 Å². The van der Waals surface area contributed by atoms with Crippen molar-refractivity contribution >= 4 is 23.9 Å². The molecule has 0 aliphatic carbocycles. The van der Waals surface area contributed by atoms with Crippen molar-refractivity contribution in [1.82, 2.24) is 0 Å². The number of hydrogen-bond acceptors (Lipinski definition) is 12. The van der Waals surface area contributed by atoms with E-state index in [9.17, 15) is 19.2 Å². The van der Waals surface area contributed by atoms with E-state index in [0.29, 0.717) is 26.4 Å². The Labute approximate surface area is 549 Å². The molecule has 0 aliphatic heterocycles. The van der Waals surface area contributed by atoms with E-state index in [-0.39, 0.29) is 76.0 Å². The van der Waals surface area contributed by atoms with Gasteiger partial charge in [-0.15, -0.1) is 0 Å². The van der Waals surface area contributed by atoms with Crippen LogP contribution in [-0.2, 0) is 38.1 Å². The molecule has 89 heavy (non-hydrogen) atoms. The second-order valence-corrected chi connectivity index (χ2v) is 27.3. The minimum Gasteiger partial charge on any atom is -0.465 e. The van der Waals surface area contributed by atoms with Gasteiger partial charge in [0.25, 0.3) is 0 Å². The Balaban J connectivity index is 5.39. The molecule has 528 valence electrons. The summed E-state index contributed by atoms with van der Waals surface area (Å²) in [4.78, 5) is 53.6. The number of aliphatic hydroxyl groups excluding tert-OH is 4. The summed E-state index contributed by atoms with van der Waals surface area (Å²) in [6.45, 7) is 0.477. The minimum absolute atomic E-state index is 0.189. The number of esters is 4. The molecule has 0 aromatic heterocycles. The van der Waals surface area contributed by atoms with Crippen molar-refractivity contribution in [3.63, 3.8) is 0 Å². The molecule has 0 unspecified atom stereocenters. The molecule has 0 bridgehead atoms. The molecule has 0 atom stereocenters. The van der Waals surface area contributed by atoms with Gasteiger partial charge in [0.1, 0.15) is 31.8 Å². The normalized spacial score (nSPS) is 11.6. The fourth-order valence-electron chi connectivity index (χ4n) is 12.2. The predicted molar refractivity (Wildman–Crippen MR) is 370 cm³/mol. The van der Waals surface area contributed by atoms with Crippen molar-refractivity contribution in [2.75, 3.05) is 52.9 Å². The Hall–Kier alpha value is -2.28. The number of aliphatic hydroxyl groups is 4. The molecular formula is C77H148O12. The van der Waals surface area contributed by atoms with E-state index in [1.807, 2.05) is 0 Å². The molecule has 12 heteroatoms. The highest BCUT2D eigenvalue weighted by atomic mass is 16.6. The molecule has 0 aromatic rings. The Morgan fingerprint density at radius 3 is 0.382 bits per heavy atom. The summed E-state index contributed by atoms with van der Waals surface area (Å²) in [5.41, 5.74) is -1.24. The Morgan fingerprint density at radius 1 is 0.169 bits per heavy atom. The van der Waals surface area contributed by atoms with Crippen LogP contribution in [0.25, 0.3) is 0 Å². The number of carbonyl (C=O) groups excluding carboxylic acids is 4. The van der Waals surface area contributed by atoms with Crippen LogP contribution in [0, 0.1) is 5.41 Å². The molecule has 0 saturated carbocycles. The van der Waals surface area contributed by atoms with Crippen LogP contribution in [0.5, 0.6) is 0 Å². The number of unbranched alkanes of at least 4 members (excludes halogenated alkanes) is 56. The van der Waals surface area contributed by atoms with Crippen LogP contribution in [0.15, 0.2) is 0 Å². The monoisotopic (exact) mass is 1270 g/mol. The van der Waals surface area contributed by atoms with Crippen molar-refractivity contribution in [2.45, 2.75) is 411 Å². The van der Waals surface area contributed by atoms with Gasteiger partial charge in [-0.2, -0.15) is 0 Å². The first-order chi connectivity index (χ1) is 43.8. The first kappa shape index (κ1) is 86.7. The maximum Gasteiger partial charge on any atom is 0.305 e. The molecule has 0 aliphatic rings. The van der Waals surface area contributed by atoms with E-state index in [0.717, 1.165) is 154 Å². The lowest BCUT2D eigenvalue weighted by Crippen LogP contribution is -2.44. The highest BCUT2D eigenvalue weighted by Gasteiger charge is 2.38. The number of hydrogen-bond donors (Lipinski definition) is 4. The fraction of sp³-hybridized carbons (Fsp3) is 0.948. The molecular weight excluding hydrogens is 1120 g/mol. The zero-order chi connectivity index (χ0) is 64.5. The minimum atomic E-state index is -1.24. The lowest BCUT2D eigenvalue weighted by atomic mass is 9.92. The van der Waals surface area contributed by atoms with E-state index in [1.165, 1.54) is 231 Å². The molecule has 0 aromatic carbocycles. The lowest BCUT2D eigenvalue weighted by Gasteiger charge is -2.31. The maximum atomic E-state index is 13.4. The Bertz CT molecular complexity index is 1250. The van der Waals surface area contributed by atoms with Crippen molar-refractivity contribution in [2.24, 2.45) is 5.41 Å². The van der Waals surface area contributed by atoms with Crippen molar-refractivity contribution < 1.29 is 58.6 Å². The van der Waals surface area contributed by atoms with Gasteiger partial charge in [-0.05, 0) is 51.4 Å². The highest BCUT2D eigenvalue weighted by Crippen LogP contribution is 2.25. The van der Waals surface area contributed by atoms with E-state index < -0.39 is 5.41 Å². The van der Waals surface area contributed by atoms with Crippen LogP contribution < -0.4 is 0 Å². The molecule has 12 nitrogen and oxygen atoms in total. The van der Waals surface area contributed by atoms with Gasteiger partial charge in [-0.3, -0.25) is 19.2 Å². The predicted octanol–water partition coefficient (Wildman–Crippen LogP) is 21.1. The summed E-state index contributed by atoms with van der Waals surface area (Å²) in [6, 6.07) is 0. The van der Waals surface area contributed by atoms with E-state index in [4.69, 9.17) is 39.4 Å². The van der Waals surface area contributed by atoms with Crippen LogP contribution in [0.4, 0.5) is 0 Å². The van der Waals surface area contributed by atoms with Gasteiger partial charge in [0.05, 0.1) is 0 Å². The summed E-state index contributed by atoms with van der Waals surface area (Å²) in [5, 5.41) is 35.8. The average molecular weight is 1270 g/mol. The van der Waals surface area contributed by atoms with Gasteiger partial charge in [-0.25, -0.2) is 0 Å². The molecule has 0 heterocycles. The largest absolute Gasteiger partial charge is 0.465 e. The molecule has 4 N–H and O–H groups in total. The molecule has 0 amide bonds. The highest BCUT2D eigenvalue weighted by molar-refractivity contribution is 5.71. The van der Waals surface area contributed by atoms with Crippen LogP contribution in [-0.4, -0.2) is 97.2 Å². The number of carbonyl (C=O) groups is 4. The molecule has 0 radical (unpaired) electrons. The van der Waals surface area contributed by atoms with E-state index >= 15 is 0 Å². The van der Waals surface area contributed by atoms with Crippen LogP contribution >= 0.6 is 0 Å². The summed E-state index contributed by atoms with van der Waals surface area (Å²) >= 11 is 0. The second kappa shape index (κ2) is 73.1. The quantitative estimate of drug-likeness (QED) is 0.0257. The first-order valence-corrected chi connectivity index (χ1v) is 38.9. The smallest absolute Gasteiger partial charge is 0.305 e. The van der Waals surface area contributed by atoms with Crippen molar-refractivity contribution in [3.05, 3.63) is 0 Å². The van der Waals surface area contributed by atoms with Crippen LogP contribution in [0.2, 0.25) is 0 Å². The van der Waals surface area contributed by atoms with Gasteiger partial charge in [0.15, 0.2) is 0 Å².